The number of ether oxygens (including phenoxy) is 1. The third kappa shape index (κ3) is 6.12. The Morgan fingerprint density at radius 1 is 1.35 bits per heavy atom. The van der Waals surface area contributed by atoms with Gasteiger partial charge in [0.2, 0.25) is 0 Å². The predicted molar refractivity (Wildman–Crippen MR) is 69.4 cm³/mol. The third-order valence-corrected chi connectivity index (χ3v) is 2.36. The monoisotopic (exact) mass is 238 g/mol. The van der Waals surface area contributed by atoms with Crippen molar-refractivity contribution in [1.29, 1.82) is 0 Å². The molecule has 0 spiro atoms. The zero-order valence-corrected chi connectivity index (χ0v) is 10.5. The van der Waals surface area contributed by atoms with Gasteiger partial charge in [-0.2, -0.15) is 0 Å². The number of hydrogen-bond acceptors (Lipinski definition) is 4. The van der Waals surface area contributed by atoms with Crippen molar-refractivity contribution in [1.82, 2.24) is 4.98 Å². The van der Waals surface area contributed by atoms with Gasteiger partial charge in [-0.1, -0.05) is 6.92 Å². The highest BCUT2D eigenvalue weighted by Crippen LogP contribution is 2.14. The Kier molecular flexibility index (Phi) is 7.14. The molecule has 0 amide bonds. The molecule has 4 nitrogen and oxygen atoms in total. The van der Waals surface area contributed by atoms with Crippen molar-refractivity contribution in [3.63, 3.8) is 0 Å². The van der Waals surface area contributed by atoms with Gasteiger partial charge in [-0.05, 0) is 31.7 Å². The van der Waals surface area contributed by atoms with E-state index in [-0.39, 0.29) is 6.61 Å². The standard InChI is InChI=1S/C13H22N2O2/c1-2-7-14-13-11-12(6-8-15-13)17-10-5-3-4-9-16/h6,8,11,16H,2-5,7,9-10H2,1H3,(H,14,15). The third-order valence-electron chi connectivity index (χ3n) is 2.36. The zero-order valence-electron chi connectivity index (χ0n) is 10.5. The van der Waals surface area contributed by atoms with E-state index in [1.165, 1.54) is 0 Å². The Hall–Kier alpha value is -1.29. The molecular weight excluding hydrogens is 216 g/mol. The van der Waals surface area contributed by atoms with E-state index >= 15 is 0 Å². The van der Waals surface area contributed by atoms with E-state index in [4.69, 9.17) is 9.84 Å². The lowest BCUT2D eigenvalue weighted by atomic mass is 10.2. The number of hydrogen-bond donors (Lipinski definition) is 2. The fourth-order valence-corrected chi connectivity index (χ4v) is 1.43. The lowest BCUT2D eigenvalue weighted by Crippen LogP contribution is -2.03. The molecule has 0 saturated carbocycles. The van der Waals surface area contributed by atoms with Crippen LogP contribution in [0.25, 0.3) is 0 Å². The van der Waals surface area contributed by atoms with Gasteiger partial charge in [0.05, 0.1) is 6.61 Å². The number of aliphatic hydroxyl groups excluding tert-OH is 1. The van der Waals surface area contributed by atoms with Gasteiger partial charge in [0.1, 0.15) is 11.6 Å². The zero-order chi connectivity index (χ0) is 12.3. The average Bonchev–Trinajstić information content (AvgIpc) is 2.37. The summed E-state index contributed by atoms with van der Waals surface area (Å²) in [6, 6.07) is 3.78. The molecule has 1 aromatic rings. The molecule has 17 heavy (non-hydrogen) atoms. The number of aromatic nitrogens is 1. The molecule has 0 radical (unpaired) electrons. The molecule has 0 aliphatic rings. The predicted octanol–water partition coefficient (Wildman–Crippen LogP) is 2.44. The molecule has 0 fully saturated rings. The lowest BCUT2D eigenvalue weighted by molar-refractivity contribution is 0.266. The summed E-state index contributed by atoms with van der Waals surface area (Å²) in [6.07, 6.45) is 5.65. The van der Waals surface area contributed by atoms with Gasteiger partial charge in [0, 0.05) is 25.4 Å². The fourth-order valence-electron chi connectivity index (χ4n) is 1.43. The summed E-state index contributed by atoms with van der Waals surface area (Å²) in [5.41, 5.74) is 0. The van der Waals surface area contributed by atoms with E-state index in [9.17, 15) is 0 Å². The van der Waals surface area contributed by atoms with Crippen LogP contribution in [-0.2, 0) is 0 Å². The molecule has 0 bridgehead atoms. The lowest BCUT2D eigenvalue weighted by Gasteiger charge is -2.08. The maximum atomic E-state index is 8.64. The number of pyridine rings is 1. The molecule has 0 aliphatic heterocycles. The van der Waals surface area contributed by atoms with E-state index in [2.05, 4.69) is 17.2 Å². The van der Waals surface area contributed by atoms with Crippen LogP contribution in [0.1, 0.15) is 32.6 Å². The molecule has 0 unspecified atom stereocenters. The summed E-state index contributed by atoms with van der Waals surface area (Å²) < 4.78 is 5.61. The minimum atomic E-state index is 0.264. The largest absolute Gasteiger partial charge is 0.493 e. The molecule has 1 aromatic heterocycles. The molecule has 4 heteroatoms. The molecule has 0 atom stereocenters. The van der Waals surface area contributed by atoms with Gasteiger partial charge in [0.25, 0.3) is 0 Å². The summed E-state index contributed by atoms with van der Waals surface area (Å²) in [4.78, 5) is 4.21. The van der Waals surface area contributed by atoms with E-state index in [0.717, 1.165) is 43.8 Å². The van der Waals surface area contributed by atoms with Crippen LogP contribution in [0.15, 0.2) is 18.3 Å². The van der Waals surface area contributed by atoms with Crippen LogP contribution in [0, 0.1) is 0 Å². The van der Waals surface area contributed by atoms with Crippen LogP contribution in [0.2, 0.25) is 0 Å². The summed E-state index contributed by atoms with van der Waals surface area (Å²) in [5, 5.41) is 11.9. The number of unbranched alkanes of at least 4 members (excludes halogenated alkanes) is 2. The Morgan fingerprint density at radius 3 is 3.00 bits per heavy atom. The minimum absolute atomic E-state index is 0.264. The van der Waals surface area contributed by atoms with Crippen LogP contribution in [0.3, 0.4) is 0 Å². The van der Waals surface area contributed by atoms with Gasteiger partial charge in [-0.25, -0.2) is 4.98 Å². The van der Waals surface area contributed by atoms with Crippen molar-refractivity contribution in [3.05, 3.63) is 18.3 Å². The molecule has 1 rings (SSSR count). The highest BCUT2D eigenvalue weighted by atomic mass is 16.5. The Bertz CT molecular complexity index is 305. The van der Waals surface area contributed by atoms with Gasteiger partial charge in [-0.3, -0.25) is 0 Å². The molecule has 0 aromatic carbocycles. The van der Waals surface area contributed by atoms with Crippen LogP contribution in [0.5, 0.6) is 5.75 Å². The van der Waals surface area contributed by atoms with Crippen molar-refractivity contribution in [2.45, 2.75) is 32.6 Å². The van der Waals surface area contributed by atoms with Gasteiger partial charge in [-0.15, -0.1) is 0 Å². The van der Waals surface area contributed by atoms with Crippen molar-refractivity contribution in [2.24, 2.45) is 0 Å². The number of nitrogens with one attached hydrogen (secondary N) is 1. The summed E-state index contributed by atoms with van der Waals surface area (Å²) in [6.45, 7) is 4.00. The van der Waals surface area contributed by atoms with E-state index in [1.54, 1.807) is 6.20 Å². The second kappa shape index (κ2) is 8.82. The maximum absolute atomic E-state index is 8.64. The smallest absolute Gasteiger partial charge is 0.129 e. The van der Waals surface area contributed by atoms with Crippen molar-refractivity contribution in [3.8, 4) is 5.75 Å². The topological polar surface area (TPSA) is 54.4 Å². The normalized spacial score (nSPS) is 10.2. The van der Waals surface area contributed by atoms with E-state index in [0.29, 0.717) is 6.61 Å². The van der Waals surface area contributed by atoms with E-state index in [1.807, 2.05) is 12.1 Å². The number of rotatable bonds is 9. The molecule has 0 saturated heterocycles. The summed E-state index contributed by atoms with van der Waals surface area (Å²) in [5.74, 6) is 1.71. The average molecular weight is 238 g/mol. The highest BCUT2D eigenvalue weighted by Gasteiger charge is 1.97. The number of aliphatic hydroxyl groups is 1. The fraction of sp³-hybridized carbons (Fsp3) is 0.615. The summed E-state index contributed by atoms with van der Waals surface area (Å²) in [7, 11) is 0. The van der Waals surface area contributed by atoms with Gasteiger partial charge < -0.3 is 15.2 Å². The molecular formula is C13H22N2O2. The second-order valence-electron chi connectivity index (χ2n) is 3.94. The van der Waals surface area contributed by atoms with Gasteiger partial charge >= 0.3 is 0 Å². The first kappa shape index (κ1) is 13.8. The molecule has 2 N–H and O–H groups in total. The second-order valence-corrected chi connectivity index (χ2v) is 3.94. The van der Waals surface area contributed by atoms with Gasteiger partial charge in [0.15, 0.2) is 0 Å². The molecule has 96 valence electrons. The van der Waals surface area contributed by atoms with Crippen LogP contribution >= 0.6 is 0 Å². The van der Waals surface area contributed by atoms with Crippen LogP contribution < -0.4 is 10.1 Å². The Balaban J connectivity index is 2.27. The minimum Gasteiger partial charge on any atom is -0.493 e. The first-order chi connectivity index (χ1) is 8.36. The van der Waals surface area contributed by atoms with Crippen LogP contribution in [-0.4, -0.2) is 29.8 Å². The quantitative estimate of drug-likeness (QED) is 0.649. The Labute approximate surface area is 103 Å². The highest BCUT2D eigenvalue weighted by molar-refractivity contribution is 5.40. The van der Waals surface area contributed by atoms with Crippen LogP contribution in [0.4, 0.5) is 5.82 Å². The molecule has 1 heterocycles. The SMILES string of the molecule is CCCNc1cc(OCCCCCO)ccn1. The first-order valence-corrected chi connectivity index (χ1v) is 6.30. The maximum Gasteiger partial charge on any atom is 0.129 e. The van der Waals surface area contributed by atoms with Crippen molar-refractivity contribution < 1.29 is 9.84 Å². The number of anilines is 1. The first-order valence-electron chi connectivity index (χ1n) is 6.30. The number of nitrogens with zero attached hydrogens (tertiary/aromatic N) is 1. The van der Waals surface area contributed by atoms with Crippen molar-refractivity contribution in [2.75, 3.05) is 25.1 Å². The van der Waals surface area contributed by atoms with Crippen molar-refractivity contribution >= 4 is 5.82 Å². The Morgan fingerprint density at radius 2 is 2.24 bits per heavy atom. The molecule has 0 aliphatic carbocycles. The van der Waals surface area contributed by atoms with E-state index < -0.39 is 0 Å². The summed E-state index contributed by atoms with van der Waals surface area (Å²) >= 11 is 0.